The molecule has 28 heavy (non-hydrogen) atoms. The summed E-state index contributed by atoms with van der Waals surface area (Å²) in [7, 11) is -3.56. The molecule has 0 unspecified atom stereocenters. The Morgan fingerprint density at radius 1 is 1.07 bits per heavy atom. The molecule has 150 valence electrons. The summed E-state index contributed by atoms with van der Waals surface area (Å²) in [6, 6.07) is 14.8. The van der Waals surface area contributed by atoms with Crippen LogP contribution in [0.3, 0.4) is 0 Å². The van der Waals surface area contributed by atoms with Crippen LogP contribution in [0.15, 0.2) is 53.9 Å². The number of benzene rings is 2. The van der Waals surface area contributed by atoms with Crippen molar-refractivity contribution in [1.29, 1.82) is 0 Å². The third-order valence-electron chi connectivity index (χ3n) is 4.84. The van der Waals surface area contributed by atoms with Gasteiger partial charge in [0.1, 0.15) is 0 Å². The SMILES string of the molecule is O=S(=O)(C=Cc1ccc(Cl)cc1)NCc1ccccc1CN1CCC(O)CC1. The highest BCUT2D eigenvalue weighted by Gasteiger charge is 2.18. The Kier molecular flexibility index (Phi) is 7.26. The molecule has 1 heterocycles. The fourth-order valence-corrected chi connectivity index (χ4v) is 4.09. The van der Waals surface area contributed by atoms with Crippen molar-refractivity contribution in [3.05, 3.63) is 75.7 Å². The predicted molar refractivity (Wildman–Crippen MR) is 113 cm³/mol. The van der Waals surface area contributed by atoms with E-state index in [1.807, 2.05) is 24.3 Å². The Hall–Kier alpha value is -1.70. The Morgan fingerprint density at radius 2 is 1.71 bits per heavy atom. The summed E-state index contributed by atoms with van der Waals surface area (Å²) in [6.45, 7) is 2.70. The molecule has 0 atom stereocenters. The zero-order chi connectivity index (χ0) is 20.0. The van der Waals surface area contributed by atoms with Gasteiger partial charge in [0, 0.05) is 36.6 Å². The van der Waals surface area contributed by atoms with Gasteiger partial charge in [0.25, 0.3) is 0 Å². The summed E-state index contributed by atoms with van der Waals surface area (Å²) >= 11 is 5.84. The molecular weight excluding hydrogens is 396 g/mol. The molecule has 0 aliphatic carbocycles. The number of aliphatic hydroxyl groups is 1. The fourth-order valence-electron chi connectivity index (χ4n) is 3.17. The normalized spacial score (nSPS) is 16.6. The molecule has 2 N–H and O–H groups in total. The van der Waals surface area contributed by atoms with Crippen molar-refractivity contribution in [2.75, 3.05) is 13.1 Å². The van der Waals surface area contributed by atoms with E-state index in [4.69, 9.17) is 11.6 Å². The van der Waals surface area contributed by atoms with Gasteiger partial charge in [0.15, 0.2) is 0 Å². The monoisotopic (exact) mass is 420 g/mol. The molecule has 0 aromatic heterocycles. The number of aliphatic hydroxyl groups excluding tert-OH is 1. The molecule has 2 aromatic carbocycles. The van der Waals surface area contributed by atoms with Crippen LogP contribution in [0.25, 0.3) is 6.08 Å². The molecule has 1 fully saturated rings. The molecule has 1 aliphatic heterocycles. The number of hydrogen-bond donors (Lipinski definition) is 2. The van der Waals surface area contributed by atoms with Crippen LogP contribution in [-0.2, 0) is 23.1 Å². The van der Waals surface area contributed by atoms with Gasteiger partial charge in [-0.2, -0.15) is 0 Å². The van der Waals surface area contributed by atoms with E-state index < -0.39 is 10.0 Å². The topological polar surface area (TPSA) is 69.6 Å². The predicted octanol–water partition coefficient (Wildman–Crippen LogP) is 3.39. The zero-order valence-electron chi connectivity index (χ0n) is 15.6. The van der Waals surface area contributed by atoms with E-state index in [9.17, 15) is 13.5 Å². The van der Waals surface area contributed by atoms with Crippen LogP contribution >= 0.6 is 11.6 Å². The van der Waals surface area contributed by atoms with Crippen LogP contribution in [0.4, 0.5) is 0 Å². The van der Waals surface area contributed by atoms with Gasteiger partial charge in [0.2, 0.25) is 10.0 Å². The summed E-state index contributed by atoms with van der Waals surface area (Å²) in [6.07, 6.45) is 2.91. The van der Waals surface area contributed by atoms with Crippen LogP contribution in [0, 0.1) is 0 Å². The Morgan fingerprint density at radius 3 is 2.39 bits per heavy atom. The third kappa shape index (κ3) is 6.43. The van der Waals surface area contributed by atoms with Crippen LogP contribution in [0.1, 0.15) is 29.5 Å². The van der Waals surface area contributed by atoms with E-state index in [0.29, 0.717) is 5.02 Å². The average Bonchev–Trinajstić information content (AvgIpc) is 2.69. The second-order valence-electron chi connectivity index (χ2n) is 7.00. The maximum atomic E-state index is 12.3. The van der Waals surface area contributed by atoms with E-state index in [1.54, 1.807) is 30.3 Å². The van der Waals surface area contributed by atoms with Crippen molar-refractivity contribution in [3.63, 3.8) is 0 Å². The molecule has 1 aliphatic rings. The molecule has 5 nitrogen and oxygen atoms in total. The van der Waals surface area contributed by atoms with Crippen molar-refractivity contribution < 1.29 is 13.5 Å². The van der Waals surface area contributed by atoms with Gasteiger partial charge in [-0.05, 0) is 47.7 Å². The van der Waals surface area contributed by atoms with Gasteiger partial charge >= 0.3 is 0 Å². The lowest BCUT2D eigenvalue weighted by Gasteiger charge is -2.30. The molecule has 0 radical (unpaired) electrons. The highest BCUT2D eigenvalue weighted by molar-refractivity contribution is 7.92. The van der Waals surface area contributed by atoms with E-state index in [0.717, 1.165) is 49.2 Å². The standard InChI is InChI=1S/C21H25ClN2O3S/c22-20-7-5-17(6-8-20)11-14-28(26,27)23-15-18-3-1-2-4-19(18)16-24-12-9-21(25)10-13-24/h1-8,11,14,21,23,25H,9-10,12-13,15-16H2. The first-order valence-corrected chi connectivity index (χ1v) is 11.2. The summed E-state index contributed by atoms with van der Waals surface area (Å²) in [5.41, 5.74) is 2.82. The molecule has 2 aromatic rings. The molecular formula is C21H25ClN2O3S. The van der Waals surface area contributed by atoms with Gasteiger partial charge in [0.05, 0.1) is 6.10 Å². The number of rotatable bonds is 7. The molecule has 7 heteroatoms. The van der Waals surface area contributed by atoms with E-state index in [-0.39, 0.29) is 12.6 Å². The molecule has 0 saturated carbocycles. The number of nitrogens with zero attached hydrogens (tertiary/aromatic N) is 1. The van der Waals surface area contributed by atoms with Crippen molar-refractivity contribution >= 4 is 27.7 Å². The van der Waals surface area contributed by atoms with Crippen LogP contribution in [-0.4, -0.2) is 37.6 Å². The quantitative estimate of drug-likeness (QED) is 0.720. The Labute approximate surface area is 171 Å². The second kappa shape index (κ2) is 9.67. The van der Waals surface area contributed by atoms with Crippen LogP contribution < -0.4 is 4.72 Å². The minimum atomic E-state index is -3.56. The number of nitrogens with one attached hydrogen (secondary N) is 1. The van der Waals surface area contributed by atoms with Gasteiger partial charge in [-0.3, -0.25) is 4.90 Å². The highest BCUT2D eigenvalue weighted by Crippen LogP contribution is 2.17. The minimum absolute atomic E-state index is 0.203. The lowest BCUT2D eigenvalue weighted by atomic mass is 10.0. The average molecular weight is 421 g/mol. The van der Waals surface area contributed by atoms with Crippen molar-refractivity contribution in [1.82, 2.24) is 9.62 Å². The maximum Gasteiger partial charge on any atom is 0.234 e. The zero-order valence-corrected chi connectivity index (χ0v) is 17.2. The van der Waals surface area contributed by atoms with Gasteiger partial charge in [-0.1, -0.05) is 48.0 Å². The number of piperidine rings is 1. The fraction of sp³-hybridized carbons (Fsp3) is 0.333. The number of hydrogen-bond acceptors (Lipinski definition) is 4. The van der Waals surface area contributed by atoms with Crippen LogP contribution in [0.5, 0.6) is 0 Å². The third-order valence-corrected chi connectivity index (χ3v) is 6.14. The second-order valence-corrected chi connectivity index (χ2v) is 9.08. The molecule has 0 spiro atoms. The maximum absolute atomic E-state index is 12.3. The lowest BCUT2D eigenvalue weighted by molar-refractivity contribution is 0.0791. The van der Waals surface area contributed by atoms with Crippen LogP contribution in [0.2, 0.25) is 5.02 Å². The molecule has 0 bridgehead atoms. The summed E-state index contributed by atoms with van der Waals surface area (Å²) in [4.78, 5) is 2.29. The Bertz CT molecular complexity index is 906. The summed E-state index contributed by atoms with van der Waals surface area (Å²) in [5, 5.41) is 11.4. The lowest BCUT2D eigenvalue weighted by Crippen LogP contribution is -2.35. The van der Waals surface area contributed by atoms with Crippen molar-refractivity contribution in [3.8, 4) is 0 Å². The van der Waals surface area contributed by atoms with Gasteiger partial charge < -0.3 is 5.11 Å². The minimum Gasteiger partial charge on any atom is -0.393 e. The number of sulfonamides is 1. The Balaban J connectivity index is 1.61. The largest absolute Gasteiger partial charge is 0.393 e. The molecule has 1 saturated heterocycles. The summed E-state index contributed by atoms with van der Waals surface area (Å²) in [5.74, 6) is 0. The van der Waals surface area contributed by atoms with Crippen molar-refractivity contribution in [2.24, 2.45) is 0 Å². The van der Waals surface area contributed by atoms with Gasteiger partial charge in [-0.25, -0.2) is 13.1 Å². The first kappa shape index (κ1) is 21.0. The van der Waals surface area contributed by atoms with Gasteiger partial charge in [-0.15, -0.1) is 0 Å². The first-order chi connectivity index (χ1) is 13.4. The smallest absolute Gasteiger partial charge is 0.234 e. The molecule has 0 amide bonds. The van der Waals surface area contributed by atoms with E-state index in [2.05, 4.69) is 9.62 Å². The van der Waals surface area contributed by atoms with E-state index in [1.165, 1.54) is 5.41 Å². The van der Waals surface area contributed by atoms with Crippen molar-refractivity contribution in [2.45, 2.75) is 32.0 Å². The highest BCUT2D eigenvalue weighted by atomic mass is 35.5. The molecule has 3 rings (SSSR count). The number of likely N-dealkylation sites (tertiary alicyclic amines) is 1. The summed E-state index contributed by atoms with van der Waals surface area (Å²) < 4.78 is 27.3. The number of halogens is 1. The first-order valence-electron chi connectivity index (χ1n) is 9.32. The van der Waals surface area contributed by atoms with E-state index >= 15 is 0 Å².